The molecule has 0 unspecified atom stereocenters. The highest BCUT2D eigenvalue weighted by molar-refractivity contribution is 5.66. The second-order valence-electron chi connectivity index (χ2n) is 7.84. The van der Waals surface area contributed by atoms with Crippen molar-refractivity contribution in [3.05, 3.63) is 47.1 Å². The highest BCUT2D eigenvalue weighted by atomic mass is 16.4. The van der Waals surface area contributed by atoms with Gasteiger partial charge in [-0.05, 0) is 62.6 Å². The van der Waals surface area contributed by atoms with E-state index in [1.54, 1.807) is 12.1 Å². The molecule has 0 saturated carbocycles. The molecule has 140 valence electrons. The maximum Gasteiger partial charge on any atom is 0.407 e. The predicted molar refractivity (Wildman–Crippen MR) is 101 cm³/mol. The Morgan fingerprint density at radius 3 is 2.42 bits per heavy atom. The minimum Gasteiger partial charge on any atom is -0.507 e. The van der Waals surface area contributed by atoms with Crippen molar-refractivity contribution in [2.75, 3.05) is 13.1 Å². The zero-order valence-electron chi connectivity index (χ0n) is 15.4. The van der Waals surface area contributed by atoms with Gasteiger partial charge >= 0.3 is 6.09 Å². The Hall–Kier alpha value is -2.43. The van der Waals surface area contributed by atoms with Gasteiger partial charge in [0.1, 0.15) is 11.5 Å². The van der Waals surface area contributed by atoms with Crippen LogP contribution >= 0.6 is 0 Å². The lowest BCUT2D eigenvalue weighted by atomic mass is 9.73. The quantitative estimate of drug-likeness (QED) is 0.703. The molecule has 1 saturated heterocycles. The third kappa shape index (κ3) is 3.57. The van der Waals surface area contributed by atoms with Crippen LogP contribution in [-0.4, -0.2) is 39.4 Å². The van der Waals surface area contributed by atoms with Crippen LogP contribution in [0.2, 0.25) is 0 Å². The summed E-state index contributed by atoms with van der Waals surface area (Å²) in [6.45, 7) is 9.17. The number of phenolic OH excluding ortho intramolecular Hbond substituents is 2. The number of carboxylic acid groups (broad SMARTS) is 1. The van der Waals surface area contributed by atoms with Gasteiger partial charge in [0.2, 0.25) is 0 Å². The maximum atomic E-state index is 10.9. The Morgan fingerprint density at radius 2 is 1.88 bits per heavy atom. The van der Waals surface area contributed by atoms with Crippen molar-refractivity contribution in [2.24, 2.45) is 11.8 Å². The number of rotatable bonds is 4. The zero-order valence-corrected chi connectivity index (χ0v) is 15.4. The normalized spacial score (nSPS) is 23.3. The molecule has 1 aromatic rings. The van der Waals surface area contributed by atoms with Gasteiger partial charge in [-0.2, -0.15) is 0 Å². The molecule has 1 aliphatic carbocycles. The first kappa shape index (κ1) is 18.4. The number of amides is 1. The lowest BCUT2D eigenvalue weighted by Gasteiger charge is -2.37. The molecule has 3 N–H and O–H groups in total. The minimum absolute atomic E-state index is 0.0681. The number of benzene rings is 1. The molecule has 3 rings (SSSR count). The van der Waals surface area contributed by atoms with Crippen LogP contribution in [0.1, 0.15) is 43.7 Å². The van der Waals surface area contributed by atoms with Gasteiger partial charge in [-0.3, -0.25) is 0 Å². The van der Waals surface area contributed by atoms with Crippen LogP contribution in [0.4, 0.5) is 4.79 Å². The molecular formula is C21H27NO4. The van der Waals surface area contributed by atoms with E-state index in [1.807, 2.05) is 6.92 Å². The van der Waals surface area contributed by atoms with E-state index in [1.165, 1.54) is 10.5 Å². The lowest BCUT2D eigenvalue weighted by Crippen LogP contribution is -2.50. The summed E-state index contributed by atoms with van der Waals surface area (Å²) in [7, 11) is 0. The van der Waals surface area contributed by atoms with Crippen molar-refractivity contribution in [3.63, 3.8) is 0 Å². The Bertz CT molecular complexity index is 738. The van der Waals surface area contributed by atoms with Crippen molar-refractivity contribution < 1.29 is 20.1 Å². The molecular weight excluding hydrogens is 330 g/mol. The number of carbonyl (C=O) groups is 1. The molecule has 2 aliphatic rings. The van der Waals surface area contributed by atoms with Gasteiger partial charge < -0.3 is 20.2 Å². The second kappa shape index (κ2) is 7.06. The van der Waals surface area contributed by atoms with Crippen LogP contribution in [0.15, 0.2) is 35.9 Å². The number of likely N-dealkylation sites (tertiary alicyclic amines) is 1. The van der Waals surface area contributed by atoms with Crippen molar-refractivity contribution in [3.8, 4) is 11.5 Å². The smallest absolute Gasteiger partial charge is 0.407 e. The van der Waals surface area contributed by atoms with Gasteiger partial charge in [-0.1, -0.05) is 23.8 Å². The Kier molecular flexibility index (Phi) is 4.99. The summed E-state index contributed by atoms with van der Waals surface area (Å²) in [5.41, 5.74) is 3.73. The van der Waals surface area contributed by atoms with Gasteiger partial charge in [0.15, 0.2) is 0 Å². The van der Waals surface area contributed by atoms with Crippen LogP contribution in [0.5, 0.6) is 11.5 Å². The Balaban J connectivity index is 1.82. The molecule has 0 spiro atoms. The van der Waals surface area contributed by atoms with Crippen molar-refractivity contribution in [2.45, 2.75) is 39.0 Å². The second-order valence-corrected chi connectivity index (χ2v) is 7.84. The third-order valence-corrected chi connectivity index (χ3v) is 5.66. The summed E-state index contributed by atoms with van der Waals surface area (Å²) in [4.78, 5) is 12.2. The van der Waals surface area contributed by atoms with Crippen molar-refractivity contribution >= 4 is 6.09 Å². The van der Waals surface area contributed by atoms with E-state index in [9.17, 15) is 15.0 Å². The molecule has 1 aliphatic heterocycles. The summed E-state index contributed by atoms with van der Waals surface area (Å²) in [5.74, 6) is 0.586. The Morgan fingerprint density at radius 1 is 1.27 bits per heavy atom. The van der Waals surface area contributed by atoms with E-state index in [4.69, 9.17) is 5.11 Å². The van der Waals surface area contributed by atoms with Crippen LogP contribution in [0, 0.1) is 11.8 Å². The van der Waals surface area contributed by atoms with E-state index in [-0.39, 0.29) is 29.3 Å². The number of phenols is 2. The van der Waals surface area contributed by atoms with Gasteiger partial charge in [-0.25, -0.2) is 4.79 Å². The SMILES string of the molecule is C=C(C)[C@@H]1CCC(C)=C[C@H]1c1c(O)cc(CC2CN(C(=O)O)C2)cc1O. The van der Waals surface area contributed by atoms with Crippen LogP contribution in [-0.2, 0) is 6.42 Å². The number of hydrogen-bond donors (Lipinski definition) is 3. The fourth-order valence-electron chi connectivity index (χ4n) is 4.23. The number of hydrogen-bond acceptors (Lipinski definition) is 3. The first-order valence-corrected chi connectivity index (χ1v) is 9.11. The third-order valence-electron chi connectivity index (χ3n) is 5.66. The Labute approximate surface area is 154 Å². The standard InChI is InChI=1S/C21H27NO4/c1-12(2)16-5-4-13(3)6-17(16)20-18(23)8-14(9-19(20)24)7-15-10-22(11-15)21(25)26/h6,8-9,15-17,23-24H,1,4-5,7,10-11H2,2-3H3,(H,25,26)/t16-,17+/m0/s1. The number of nitrogens with zero attached hydrogens (tertiary/aromatic N) is 1. The molecule has 26 heavy (non-hydrogen) atoms. The minimum atomic E-state index is -0.896. The van der Waals surface area contributed by atoms with Gasteiger partial charge in [0.05, 0.1) is 0 Å². The summed E-state index contributed by atoms with van der Waals surface area (Å²) in [6, 6.07) is 3.43. The van der Waals surface area contributed by atoms with Gasteiger partial charge in [0, 0.05) is 24.6 Å². The average Bonchev–Trinajstić information content (AvgIpc) is 2.49. The molecule has 1 aromatic carbocycles. The van der Waals surface area contributed by atoms with Gasteiger partial charge in [0.25, 0.3) is 0 Å². The van der Waals surface area contributed by atoms with Crippen LogP contribution in [0.3, 0.4) is 0 Å². The van der Waals surface area contributed by atoms with Crippen LogP contribution in [0.25, 0.3) is 0 Å². The largest absolute Gasteiger partial charge is 0.507 e. The summed E-state index contributed by atoms with van der Waals surface area (Å²) in [5, 5.41) is 30.2. The van der Waals surface area contributed by atoms with E-state index < -0.39 is 6.09 Å². The molecule has 5 heteroatoms. The van der Waals surface area contributed by atoms with Crippen LogP contribution < -0.4 is 0 Å². The zero-order chi connectivity index (χ0) is 19.0. The fourth-order valence-corrected chi connectivity index (χ4v) is 4.23. The molecule has 1 heterocycles. The molecule has 1 amide bonds. The van der Waals surface area contributed by atoms with Gasteiger partial charge in [-0.15, -0.1) is 0 Å². The van der Waals surface area contributed by atoms with Crippen molar-refractivity contribution in [1.82, 2.24) is 4.90 Å². The summed E-state index contributed by atoms with van der Waals surface area (Å²) >= 11 is 0. The first-order valence-electron chi connectivity index (χ1n) is 9.11. The molecule has 0 aromatic heterocycles. The van der Waals surface area contributed by atoms with Crippen molar-refractivity contribution in [1.29, 1.82) is 0 Å². The lowest BCUT2D eigenvalue weighted by molar-refractivity contribution is 0.0818. The molecule has 5 nitrogen and oxygen atoms in total. The van der Waals surface area contributed by atoms with E-state index in [0.717, 1.165) is 24.0 Å². The van der Waals surface area contributed by atoms with E-state index >= 15 is 0 Å². The van der Waals surface area contributed by atoms with E-state index in [2.05, 4.69) is 19.6 Å². The van der Waals surface area contributed by atoms with E-state index in [0.29, 0.717) is 25.1 Å². The average molecular weight is 357 g/mol. The molecule has 1 fully saturated rings. The molecule has 0 bridgehead atoms. The maximum absolute atomic E-state index is 10.9. The molecule has 2 atom stereocenters. The monoisotopic (exact) mass is 357 g/mol. The predicted octanol–water partition coefficient (Wildman–Crippen LogP) is 4.27. The molecule has 0 radical (unpaired) electrons. The highest BCUT2D eigenvalue weighted by Crippen LogP contribution is 2.46. The number of aromatic hydroxyl groups is 2. The highest BCUT2D eigenvalue weighted by Gasteiger charge is 2.32. The summed E-state index contributed by atoms with van der Waals surface area (Å²) in [6.07, 6.45) is 3.86. The first-order chi connectivity index (χ1) is 12.3. The number of allylic oxidation sites excluding steroid dienone is 3. The topological polar surface area (TPSA) is 81.0 Å². The summed E-state index contributed by atoms with van der Waals surface area (Å²) < 4.78 is 0. The fraction of sp³-hybridized carbons (Fsp3) is 0.476.